The van der Waals surface area contributed by atoms with Crippen molar-refractivity contribution in [3.8, 4) is 62.0 Å². The Labute approximate surface area is 778 Å². The molecule has 0 saturated heterocycles. The second kappa shape index (κ2) is 83.1. The number of hydrogen-bond donors (Lipinski definition) is 0. The number of hydrogen-bond acceptors (Lipinski definition) is 9. The predicted molar refractivity (Wildman–Crippen MR) is 567 cm³/mol. The van der Waals surface area contributed by atoms with Crippen molar-refractivity contribution in [2.45, 2.75) is 298 Å². The van der Waals surface area contributed by atoms with Crippen LogP contribution in [0.15, 0.2) is 335 Å². The van der Waals surface area contributed by atoms with Gasteiger partial charge in [0.2, 0.25) is 0 Å². The predicted octanol–water partition coefficient (Wildman–Crippen LogP) is 38.1. The topological polar surface area (TPSA) is 112 Å². The third-order valence-corrected chi connectivity index (χ3v) is 17.3. The van der Waals surface area contributed by atoms with Crippen molar-refractivity contribution >= 4 is 5.71 Å². The molecular formula is C118H174N6O3. The summed E-state index contributed by atoms with van der Waals surface area (Å²) in [5.74, 6) is 6.49. The van der Waals surface area contributed by atoms with Crippen molar-refractivity contribution in [2.75, 3.05) is 7.11 Å². The van der Waals surface area contributed by atoms with Gasteiger partial charge >= 0.3 is 0 Å². The smallest absolute Gasteiger partial charge is 0.139 e. The number of methoxy groups -OCH3 is 1. The number of nitrogens with zero attached hydrogens (tertiary/aromatic N) is 6. The van der Waals surface area contributed by atoms with Crippen LogP contribution in [0.5, 0.6) is 5.75 Å². The van der Waals surface area contributed by atoms with E-state index in [2.05, 4.69) is 280 Å². The van der Waals surface area contributed by atoms with Gasteiger partial charge in [-0.15, -0.1) is 0 Å². The summed E-state index contributed by atoms with van der Waals surface area (Å²) in [6.45, 7) is 76.5. The Balaban J connectivity index is -0.000000434. The Morgan fingerprint density at radius 2 is 0.543 bits per heavy atom. The van der Waals surface area contributed by atoms with Crippen LogP contribution in [0.1, 0.15) is 337 Å². The summed E-state index contributed by atoms with van der Waals surface area (Å²) in [5, 5.41) is 8.00. The number of rotatable bonds is 14. The zero-order valence-corrected chi connectivity index (χ0v) is 86.6. The van der Waals surface area contributed by atoms with Crippen LogP contribution in [0.4, 0.5) is 0 Å². The fourth-order valence-corrected chi connectivity index (χ4v) is 10.7. The van der Waals surface area contributed by atoms with Crippen molar-refractivity contribution < 1.29 is 13.8 Å². The molecule has 9 heteroatoms. The van der Waals surface area contributed by atoms with Crippen LogP contribution >= 0.6 is 0 Å². The summed E-state index contributed by atoms with van der Waals surface area (Å²) < 4.78 is 15.3. The van der Waals surface area contributed by atoms with E-state index in [1.165, 1.54) is 67.1 Å². The second-order valence-corrected chi connectivity index (χ2v) is 27.7. The molecule has 0 aliphatic carbocycles. The Bertz CT molecular complexity index is 4230. The van der Waals surface area contributed by atoms with Gasteiger partial charge in [-0.2, -0.15) is 0 Å². The Hall–Kier alpha value is -11.2. The SMILES string of the molecule is CC.CC.CC.CC.CC.CC.CC.CC.CC.CC.CC.CC(C)c1cc(-c2ccccc2)no1.CC(C)c1cc(-c2ccccn2)no1.CC(C)c1ccc(-c2ccccc2)cc1.CC(C)c1ccc(-c2ccccc2)nc1.CC(C)c1ccc(-c2ccccn2)cc1.CC(C)c1ccccc1.CC1=C(C(C)C)CC(c2ccccc2)=N1.COc1ccccc1. The van der Waals surface area contributed by atoms with Crippen molar-refractivity contribution in [3.05, 3.63) is 360 Å². The second-order valence-electron chi connectivity index (χ2n) is 27.7. The molecule has 6 heterocycles. The normalized spacial score (nSPS) is 9.82. The monoisotopic (exact) mass is 1720 g/mol. The van der Waals surface area contributed by atoms with Gasteiger partial charge < -0.3 is 13.8 Å². The van der Waals surface area contributed by atoms with Crippen LogP contribution in [0.3, 0.4) is 0 Å². The van der Waals surface area contributed by atoms with Crippen molar-refractivity contribution in [1.29, 1.82) is 0 Å². The van der Waals surface area contributed by atoms with E-state index in [0.717, 1.165) is 57.7 Å². The maximum atomic E-state index is 5.23. The molecule has 9 nitrogen and oxygen atoms in total. The first-order valence-electron chi connectivity index (χ1n) is 47.8. The molecule has 0 fully saturated rings. The largest absolute Gasteiger partial charge is 0.497 e. The van der Waals surface area contributed by atoms with Crippen LogP contribution in [0, 0.1) is 5.92 Å². The summed E-state index contributed by atoms with van der Waals surface area (Å²) in [4.78, 5) is 17.7. The lowest BCUT2D eigenvalue weighted by Gasteiger charge is -2.07. The zero-order chi connectivity index (χ0) is 97.3. The third kappa shape index (κ3) is 52.5. The van der Waals surface area contributed by atoms with Gasteiger partial charge in [-0.25, -0.2) is 0 Å². The Morgan fingerprint density at radius 1 is 0.252 bits per heavy atom. The molecule has 8 aromatic carbocycles. The number of allylic oxidation sites excluding steroid dienone is 2. The summed E-state index contributed by atoms with van der Waals surface area (Å²) >= 11 is 0. The minimum Gasteiger partial charge on any atom is -0.497 e. The summed E-state index contributed by atoms with van der Waals surface area (Å²) in [6, 6.07) is 98.8. The number of aliphatic imine (C=N–C) groups is 1. The van der Waals surface area contributed by atoms with E-state index in [9.17, 15) is 0 Å². The highest BCUT2D eigenvalue weighted by atomic mass is 16.5. The van der Waals surface area contributed by atoms with Crippen LogP contribution < -0.4 is 4.74 Å². The summed E-state index contributed by atoms with van der Waals surface area (Å²) in [6.07, 6.45) is 6.56. The van der Waals surface area contributed by atoms with E-state index in [1.54, 1.807) is 13.3 Å². The molecule has 0 radical (unpaired) electrons. The van der Waals surface area contributed by atoms with Gasteiger partial charge in [0.25, 0.3) is 0 Å². The fourth-order valence-electron chi connectivity index (χ4n) is 10.7. The van der Waals surface area contributed by atoms with Crippen LogP contribution in [0.25, 0.3) is 56.3 Å². The maximum absolute atomic E-state index is 5.23. The van der Waals surface area contributed by atoms with E-state index in [0.29, 0.717) is 41.4 Å². The van der Waals surface area contributed by atoms with E-state index in [1.807, 2.05) is 310 Å². The molecule has 694 valence electrons. The van der Waals surface area contributed by atoms with E-state index < -0.39 is 0 Å². The lowest BCUT2D eigenvalue weighted by molar-refractivity contribution is 0.373. The average Bonchev–Trinajstić information content (AvgIpc) is 1.79. The van der Waals surface area contributed by atoms with Gasteiger partial charge in [-0.05, 0) is 123 Å². The molecule has 5 aromatic heterocycles. The minimum atomic E-state index is 0.361. The van der Waals surface area contributed by atoms with Gasteiger partial charge in [0.05, 0.1) is 29.9 Å². The molecule has 1 aliphatic heterocycles. The van der Waals surface area contributed by atoms with Gasteiger partial charge in [0.15, 0.2) is 0 Å². The lowest BCUT2D eigenvalue weighted by Crippen LogP contribution is -2.00. The molecule has 0 unspecified atom stereocenters. The summed E-state index contributed by atoms with van der Waals surface area (Å²) in [7, 11) is 1.66. The molecule has 14 rings (SSSR count). The van der Waals surface area contributed by atoms with Crippen molar-refractivity contribution in [1.82, 2.24) is 25.3 Å². The average molecular weight is 1720 g/mol. The minimum absolute atomic E-state index is 0.361. The van der Waals surface area contributed by atoms with Crippen LogP contribution in [-0.4, -0.2) is 38.1 Å². The van der Waals surface area contributed by atoms with Crippen molar-refractivity contribution in [2.24, 2.45) is 10.9 Å². The van der Waals surface area contributed by atoms with Gasteiger partial charge in [-0.1, -0.05) is 496 Å². The number of benzene rings is 8. The number of pyridine rings is 3. The molecular weight excluding hydrogens is 1550 g/mol. The molecule has 0 bridgehead atoms. The summed E-state index contributed by atoms with van der Waals surface area (Å²) in [5.41, 5.74) is 21.3. The van der Waals surface area contributed by atoms with E-state index in [4.69, 9.17) is 13.8 Å². The first-order valence-corrected chi connectivity index (χ1v) is 47.8. The molecule has 1 aliphatic rings. The quantitative estimate of drug-likeness (QED) is 0.106. The highest BCUT2D eigenvalue weighted by molar-refractivity contribution is 6.04. The maximum Gasteiger partial charge on any atom is 0.139 e. The fraction of sp³-hybridized carbons (Fsp3) is 0.390. The van der Waals surface area contributed by atoms with Gasteiger partial charge in [-0.3, -0.25) is 19.9 Å². The highest BCUT2D eigenvalue weighted by Crippen LogP contribution is 2.30. The standard InChI is InChI=1S/C15H16.C14H17N.2C14H15N.C12H13NO.C11H12N2O.C9H12.C7H8O.11C2H6/c1-12(2)13-8-10-15(11-9-13)14-6-4-3-5-7-14;1-10(2)13-9-14(15-11(13)3)12-7-5-4-6-8-12;1-11(2)12-6-8-13(9-7-12)14-5-3-4-10-15-14;1-11(2)13-8-9-14(15-10-13)12-6-4-3-5-7-12;1-9(2)12-8-11(13-14-12)10-6-4-3-5-7-10;1-8(2)11-7-10(13-14-11)9-5-3-4-6-12-9;1-8(2)9-6-4-3-5-7-9;1-8-7-5-3-2-4-6-7;11*1-2/h3-12H,1-2H3;4-8,10H,9H2,1-3H3;2*3-11H,1-2H3;3-9H,1-2H3;3-8H,1-2H3;3-8H,1-2H3;2-6H,1H3;11*1-2H3. The first kappa shape index (κ1) is 124. The molecule has 0 saturated carbocycles. The van der Waals surface area contributed by atoms with E-state index >= 15 is 0 Å². The van der Waals surface area contributed by atoms with Gasteiger partial charge in [0.1, 0.15) is 28.7 Å². The lowest BCUT2D eigenvalue weighted by atomic mass is 9.96. The third-order valence-electron chi connectivity index (χ3n) is 17.3. The van der Waals surface area contributed by atoms with Gasteiger partial charge in [0, 0.05) is 71.4 Å². The van der Waals surface area contributed by atoms with Crippen molar-refractivity contribution in [3.63, 3.8) is 0 Å². The van der Waals surface area contributed by atoms with Crippen LogP contribution in [0.2, 0.25) is 0 Å². The molecule has 0 amide bonds. The highest BCUT2D eigenvalue weighted by Gasteiger charge is 2.19. The number of para-hydroxylation sites is 1. The van der Waals surface area contributed by atoms with Crippen LogP contribution in [-0.2, 0) is 0 Å². The van der Waals surface area contributed by atoms with E-state index in [-0.39, 0.29) is 0 Å². The molecule has 13 aromatic rings. The molecule has 0 atom stereocenters. The molecule has 0 N–H and O–H groups in total. The zero-order valence-electron chi connectivity index (χ0n) is 86.6. The number of aromatic nitrogens is 5. The Kier molecular flexibility index (Phi) is 81.4. The number of ether oxygens (including phenoxy) is 1. The Morgan fingerprint density at radius 3 is 0.858 bits per heavy atom. The molecule has 127 heavy (non-hydrogen) atoms. The molecule has 0 spiro atoms. The first-order chi connectivity index (χ1) is 61.8.